The molecule has 27 heavy (non-hydrogen) atoms. The normalized spacial score (nSPS) is 12.4. The molecule has 0 radical (unpaired) electrons. The molecule has 1 N–H and O–H groups in total. The van der Waals surface area contributed by atoms with Crippen LogP contribution in [0.15, 0.2) is 59.3 Å². The number of rotatable bonds is 5. The maximum atomic E-state index is 11.5. The van der Waals surface area contributed by atoms with Gasteiger partial charge >= 0.3 is 5.69 Å². The van der Waals surface area contributed by atoms with Crippen molar-refractivity contribution in [3.05, 3.63) is 93.0 Å². The van der Waals surface area contributed by atoms with Crippen molar-refractivity contribution in [1.29, 1.82) is 0 Å². The fourth-order valence-electron chi connectivity index (χ4n) is 3.60. The Morgan fingerprint density at radius 2 is 1.96 bits per heavy atom. The van der Waals surface area contributed by atoms with Crippen LogP contribution in [-0.4, -0.2) is 15.1 Å². The van der Waals surface area contributed by atoms with Gasteiger partial charge in [-0.05, 0) is 37.1 Å². The lowest BCUT2D eigenvalue weighted by atomic mass is 9.87. The zero-order valence-corrected chi connectivity index (χ0v) is 15.1. The highest BCUT2D eigenvalue weighted by Gasteiger charge is 2.29. The van der Waals surface area contributed by atoms with E-state index in [-0.39, 0.29) is 11.6 Å². The summed E-state index contributed by atoms with van der Waals surface area (Å²) in [6, 6.07) is 16.2. The number of hydrogen-bond donors (Lipinski definition) is 1. The van der Waals surface area contributed by atoms with Crippen molar-refractivity contribution in [3.63, 3.8) is 0 Å². The molecule has 4 aromatic rings. The van der Waals surface area contributed by atoms with Crippen LogP contribution in [0.1, 0.15) is 34.1 Å². The third kappa shape index (κ3) is 3.10. The van der Waals surface area contributed by atoms with Crippen LogP contribution >= 0.6 is 0 Å². The van der Waals surface area contributed by atoms with Gasteiger partial charge in [0.05, 0.1) is 4.92 Å². The maximum Gasteiger partial charge on any atom is 0.334 e. The van der Waals surface area contributed by atoms with Crippen LogP contribution in [0.3, 0.4) is 0 Å². The topological polar surface area (TPSA) is 85.0 Å². The average molecular weight is 361 g/mol. The molecule has 1 unspecified atom stereocenters. The van der Waals surface area contributed by atoms with Gasteiger partial charge in [-0.15, -0.1) is 0 Å². The molecule has 0 aliphatic rings. The van der Waals surface area contributed by atoms with Crippen LogP contribution in [0.5, 0.6) is 0 Å². The van der Waals surface area contributed by atoms with Crippen LogP contribution < -0.4 is 0 Å². The fraction of sp³-hybridized carbons (Fsp3) is 0.190. The summed E-state index contributed by atoms with van der Waals surface area (Å²) in [7, 11) is 0. The van der Waals surface area contributed by atoms with Crippen molar-refractivity contribution in [1.82, 2.24) is 10.1 Å². The lowest BCUT2D eigenvalue weighted by Gasteiger charge is -2.16. The second kappa shape index (κ2) is 6.72. The van der Waals surface area contributed by atoms with E-state index >= 15 is 0 Å². The Bertz CT molecular complexity index is 1110. The molecular weight excluding hydrogens is 342 g/mol. The number of aryl methyl sites for hydroxylation is 2. The number of fused-ring (bicyclic) bond motifs is 1. The summed E-state index contributed by atoms with van der Waals surface area (Å²) in [4.78, 5) is 14.4. The van der Waals surface area contributed by atoms with Crippen LogP contribution in [0, 0.1) is 24.0 Å². The number of nitrogens with one attached hydrogen (secondary N) is 1. The zero-order valence-electron chi connectivity index (χ0n) is 15.1. The lowest BCUT2D eigenvalue weighted by molar-refractivity contribution is -0.386. The summed E-state index contributed by atoms with van der Waals surface area (Å²) in [5.74, 6) is 0.209. The summed E-state index contributed by atoms with van der Waals surface area (Å²) in [6.45, 7) is 3.65. The molecule has 0 saturated heterocycles. The molecule has 6 heteroatoms. The van der Waals surface area contributed by atoms with Crippen molar-refractivity contribution in [2.45, 2.75) is 26.2 Å². The first kappa shape index (κ1) is 17.0. The smallest absolute Gasteiger partial charge is 0.334 e. The van der Waals surface area contributed by atoms with E-state index in [1.165, 1.54) is 0 Å². The van der Waals surface area contributed by atoms with Crippen molar-refractivity contribution in [2.24, 2.45) is 0 Å². The number of nitro groups is 1. The van der Waals surface area contributed by atoms with Gasteiger partial charge in [0.25, 0.3) is 0 Å². The fourth-order valence-corrected chi connectivity index (χ4v) is 3.60. The second-order valence-corrected chi connectivity index (χ2v) is 6.76. The Balaban J connectivity index is 1.86. The third-order valence-corrected chi connectivity index (χ3v) is 4.92. The van der Waals surface area contributed by atoms with Crippen molar-refractivity contribution < 1.29 is 9.45 Å². The van der Waals surface area contributed by atoms with Gasteiger partial charge in [-0.2, -0.15) is 0 Å². The molecule has 0 spiro atoms. The van der Waals surface area contributed by atoms with Gasteiger partial charge in [0.15, 0.2) is 5.69 Å². The quantitative estimate of drug-likeness (QED) is 0.398. The Kier molecular flexibility index (Phi) is 4.24. The monoisotopic (exact) mass is 361 g/mol. The Hall–Kier alpha value is -3.41. The van der Waals surface area contributed by atoms with Crippen LogP contribution in [0.2, 0.25) is 0 Å². The summed E-state index contributed by atoms with van der Waals surface area (Å²) in [5, 5.41) is 16.4. The summed E-state index contributed by atoms with van der Waals surface area (Å²) >= 11 is 0. The van der Waals surface area contributed by atoms with Gasteiger partial charge in [0.1, 0.15) is 0 Å². The summed E-state index contributed by atoms with van der Waals surface area (Å²) in [6.07, 6.45) is 2.35. The lowest BCUT2D eigenvalue weighted by Crippen LogP contribution is -2.06. The standard InChI is InChI=1S/C21H19N3O3/c1-13-8-9-19-17(10-13)18(12-22-19)16(15-6-4-3-5-7-15)11-20-21(24(25)26)14(2)23-27-20/h3-10,12,16,22H,11H2,1-2H3. The highest BCUT2D eigenvalue weighted by molar-refractivity contribution is 5.85. The van der Waals surface area contributed by atoms with Crippen molar-refractivity contribution in [3.8, 4) is 0 Å². The van der Waals surface area contributed by atoms with E-state index in [1.54, 1.807) is 6.92 Å². The Morgan fingerprint density at radius 1 is 1.19 bits per heavy atom. The van der Waals surface area contributed by atoms with Gasteiger partial charge in [0.2, 0.25) is 5.76 Å². The van der Waals surface area contributed by atoms with E-state index in [0.717, 1.165) is 27.6 Å². The van der Waals surface area contributed by atoms with E-state index in [4.69, 9.17) is 4.52 Å². The number of aromatic nitrogens is 2. The van der Waals surface area contributed by atoms with E-state index in [0.29, 0.717) is 17.9 Å². The molecule has 4 rings (SSSR count). The molecule has 0 saturated carbocycles. The molecule has 2 heterocycles. The minimum atomic E-state index is -0.414. The SMILES string of the molecule is Cc1ccc2[nH]cc(C(Cc3onc(C)c3[N+](=O)[O-])c3ccccc3)c2c1. The average Bonchev–Trinajstić information content (AvgIpc) is 3.23. The van der Waals surface area contributed by atoms with E-state index in [1.807, 2.05) is 36.5 Å². The predicted molar refractivity (Wildman–Crippen MR) is 103 cm³/mol. The molecule has 1 atom stereocenters. The largest absolute Gasteiger partial charge is 0.361 e. The molecular formula is C21H19N3O3. The number of nitrogens with zero attached hydrogens (tertiary/aromatic N) is 2. The molecule has 0 aliphatic carbocycles. The number of H-pyrrole nitrogens is 1. The first-order valence-electron chi connectivity index (χ1n) is 8.76. The van der Waals surface area contributed by atoms with Gasteiger partial charge in [-0.3, -0.25) is 10.1 Å². The molecule has 2 aromatic heterocycles. The predicted octanol–water partition coefficient (Wildman–Crippen LogP) is 5.06. The Morgan fingerprint density at radius 3 is 2.70 bits per heavy atom. The van der Waals surface area contributed by atoms with Gasteiger partial charge in [0, 0.05) is 29.4 Å². The number of aromatic amines is 1. The minimum absolute atomic E-state index is 0.0352. The number of benzene rings is 2. The first-order valence-corrected chi connectivity index (χ1v) is 8.76. The first-order chi connectivity index (χ1) is 13.0. The van der Waals surface area contributed by atoms with E-state index in [2.05, 4.69) is 35.3 Å². The molecule has 0 aliphatic heterocycles. The van der Waals surface area contributed by atoms with Gasteiger partial charge < -0.3 is 9.51 Å². The summed E-state index contributed by atoms with van der Waals surface area (Å²) in [5.41, 5.74) is 4.63. The van der Waals surface area contributed by atoms with Crippen LogP contribution in [0.4, 0.5) is 5.69 Å². The van der Waals surface area contributed by atoms with E-state index < -0.39 is 4.92 Å². The highest BCUT2D eigenvalue weighted by atomic mass is 16.6. The zero-order chi connectivity index (χ0) is 19.0. The van der Waals surface area contributed by atoms with Crippen LogP contribution in [-0.2, 0) is 6.42 Å². The van der Waals surface area contributed by atoms with E-state index in [9.17, 15) is 10.1 Å². The molecule has 0 bridgehead atoms. The van der Waals surface area contributed by atoms with Gasteiger partial charge in [-0.25, -0.2) is 0 Å². The van der Waals surface area contributed by atoms with Crippen LogP contribution in [0.25, 0.3) is 10.9 Å². The van der Waals surface area contributed by atoms with Gasteiger partial charge in [-0.1, -0.05) is 47.1 Å². The van der Waals surface area contributed by atoms with Crippen molar-refractivity contribution >= 4 is 16.6 Å². The maximum absolute atomic E-state index is 11.5. The molecule has 0 fully saturated rings. The summed E-state index contributed by atoms with van der Waals surface area (Å²) < 4.78 is 5.34. The Labute approximate surface area is 156 Å². The third-order valence-electron chi connectivity index (χ3n) is 4.92. The molecule has 2 aromatic carbocycles. The minimum Gasteiger partial charge on any atom is -0.361 e. The molecule has 136 valence electrons. The van der Waals surface area contributed by atoms with Crippen molar-refractivity contribution in [2.75, 3.05) is 0 Å². The highest BCUT2D eigenvalue weighted by Crippen LogP contribution is 2.36. The second-order valence-electron chi connectivity index (χ2n) is 6.76. The molecule has 0 amide bonds. The number of hydrogen-bond acceptors (Lipinski definition) is 4. The molecule has 6 nitrogen and oxygen atoms in total.